The number of rotatable bonds is 7. The van der Waals surface area contributed by atoms with Crippen molar-refractivity contribution < 1.29 is 19.4 Å². The van der Waals surface area contributed by atoms with E-state index >= 15 is 0 Å². The predicted octanol–water partition coefficient (Wildman–Crippen LogP) is 3.36. The molecule has 0 aliphatic heterocycles. The maximum atomic E-state index is 10.5. The van der Waals surface area contributed by atoms with Crippen LogP contribution >= 0.6 is 0 Å². The molecule has 1 N–H and O–H groups in total. The molecule has 0 saturated carbocycles. The number of methoxy groups -OCH3 is 1. The summed E-state index contributed by atoms with van der Waals surface area (Å²) in [4.78, 5) is 10.5. The number of ether oxygens (including phenoxy) is 2. The summed E-state index contributed by atoms with van der Waals surface area (Å²) in [6.07, 6.45) is 4.32. The first-order valence-corrected chi connectivity index (χ1v) is 6.26. The van der Waals surface area contributed by atoms with Gasteiger partial charge in [-0.15, -0.1) is 0 Å². The smallest absolute Gasteiger partial charge is 0.303 e. The van der Waals surface area contributed by atoms with E-state index in [9.17, 15) is 4.79 Å². The molecule has 1 atom stereocenters. The highest BCUT2D eigenvalue weighted by atomic mass is 16.5. The van der Waals surface area contributed by atoms with Crippen molar-refractivity contribution in [1.29, 1.82) is 0 Å². The van der Waals surface area contributed by atoms with E-state index in [0.717, 1.165) is 5.56 Å². The van der Waals surface area contributed by atoms with Crippen molar-refractivity contribution in [2.24, 2.45) is 0 Å². The third kappa shape index (κ3) is 5.04. The third-order valence-electron chi connectivity index (χ3n) is 2.64. The third-order valence-corrected chi connectivity index (χ3v) is 2.64. The van der Waals surface area contributed by atoms with Crippen LogP contribution in [-0.2, 0) is 4.79 Å². The molecule has 104 valence electrons. The van der Waals surface area contributed by atoms with E-state index in [1.54, 1.807) is 7.11 Å². The van der Waals surface area contributed by atoms with E-state index in [0.29, 0.717) is 17.9 Å². The lowest BCUT2D eigenvalue weighted by Gasteiger charge is -2.16. The van der Waals surface area contributed by atoms with Gasteiger partial charge < -0.3 is 14.6 Å². The van der Waals surface area contributed by atoms with Gasteiger partial charge in [0.05, 0.1) is 13.2 Å². The van der Waals surface area contributed by atoms with Crippen molar-refractivity contribution in [3.8, 4) is 11.5 Å². The van der Waals surface area contributed by atoms with Gasteiger partial charge in [0.2, 0.25) is 0 Å². The topological polar surface area (TPSA) is 55.8 Å². The molecule has 1 aromatic carbocycles. The van der Waals surface area contributed by atoms with Gasteiger partial charge in [-0.1, -0.05) is 18.2 Å². The van der Waals surface area contributed by atoms with E-state index in [4.69, 9.17) is 14.6 Å². The predicted molar refractivity (Wildman–Crippen MR) is 74.7 cm³/mol. The van der Waals surface area contributed by atoms with Crippen molar-refractivity contribution >= 4 is 12.0 Å². The van der Waals surface area contributed by atoms with Gasteiger partial charge in [0.1, 0.15) is 0 Å². The summed E-state index contributed by atoms with van der Waals surface area (Å²) in [6.45, 7) is 3.80. The highest BCUT2D eigenvalue weighted by molar-refractivity contribution is 5.66. The molecule has 19 heavy (non-hydrogen) atoms. The fourth-order valence-corrected chi connectivity index (χ4v) is 1.68. The molecular weight excluding hydrogens is 244 g/mol. The lowest BCUT2D eigenvalue weighted by Crippen LogP contribution is -2.14. The Morgan fingerprint density at radius 1 is 1.42 bits per heavy atom. The summed E-state index contributed by atoms with van der Waals surface area (Å²) in [7, 11) is 1.59. The Morgan fingerprint density at radius 2 is 2.16 bits per heavy atom. The number of aliphatic carboxylic acids is 1. The van der Waals surface area contributed by atoms with Crippen LogP contribution in [0.3, 0.4) is 0 Å². The molecule has 1 rings (SSSR count). The summed E-state index contributed by atoms with van der Waals surface area (Å²) < 4.78 is 11.0. The number of carbonyl (C=O) groups is 1. The van der Waals surface area contributed by atoms with Gasteiger partial charge in [0.15, 0.2) is 11.5 Å². The molecule has 0 aliphatic carbocycles. The molecule has 0 bridgehead atoms. The van der Waals surface area contributed by atoms with Gasteiger partial charge in [-0.25, -0.2) is 0 Å². The van der Waals surface area contributed by atoms with Crippen molar-refractivity contribution in [1.82, 2.24) is 0 Å². The SMILES string of the molecule is CC=Cc1ccc(OC(C)CCC(=O)O)c(OC)c1. The summed E-state index contributed by atoms with van der Waals surface area (Å²) in [5.41, 5.74) is 1.03. The zero-order valence-electron chi connectivity index (χ0n) is 11.6. The molecule has 4 nitrogen and oxygen atoms in total. The van der Waals surface area contributed by atoms with Crippen molar-refractivity contribution in [2.75, 3.05) is 7.11 Å². The van der Waals surface area contributed by atoms with Crippen LogP contribution in [0.25, 0.3) is 6.08 Å². The minimum Gasteiger partial charge on any atom is -0.493 e. The maximum absolute atomic E-state index is 10.5. The Kier molecular flexibility index (Phi) is 5.93. The van der Waals surface area contributed by atoms with E-state index in [-0.39, 0.29) is 12.5 Å². The van der Waals surface area contributed by atoms with Crippen LogP contribution in [0.15, 0.2) is 24.3 Å². The number of benzene rings is 1. The summed E-state index contributed by atoms with van der Waals surface area (Å²) >= 11 is 0. The largest absolute Gasteiger partial charge is 0.493 e. The molecule has 0 heterocycles. The van der Waals surface area contributed by atoms with Crippen molar-refractivity contribution in [3.05, 3.63) is 29.8 Å². The van der Waals surface area contributed by atoms with Crippen molar-refractivity contribution in [2.45, 2.75) is 32.8 Å². The number of carboxylic acid groups (broad SMARTS) is 1. The lowest BCUT2D eigenvalue weighted by atomic mass is 10.2. The quantitative estimate of drug-likeness (QED) is 0.820. The highest BCUT2D eigenvalue weighted by Gasteiger charge is 2.11. The average Bonchev–Trinajstić information content (AvgIpc) is 2.38. The Morgan fingerprint density at radius 3 is 2.74 bits per heavy atom. The Balaban J connectivity index is 2.74. The highest BCUT2D eigenvalue weighted by Crippen LogP contribution is 2.29. The molecule has 1 unspecified atom stereocenters. The van der Waals surface area contributed by atoms with Gasteiger partial charge in [-0.3, -0.25) is 4.79 Å². The molecule has 0 saturated heterocycles. The van der Waals surface area contributed by atoms with Crippen molar-refractivity contribution in [3.63, 3.8) is 0 Å². The number of hydrogen-bond donors (Lipinski definition) is 1. The number of carboxylic acids is 1. The molecule has 4 heteroatoms. The van der Waals surface area contributed by atoms with Gasteiger partial charge in [-0.2, -0.15) is 0 Å². The average molecular weight is 264 g/mol. The van der Waals surface area contributed by atoms with E-state index in [1.165, 1.54) is 0 Å². The Hall–Kier alpha value is -1.97. The molecule has 1 aromatic rings. The van der Waals surface area contributed by atoms with Crippen LogP contribution in [0.4, 0.5) is 0 Å². The van der Waals surface area contributed by atoms with Gasteiger partial charge in [0, 0.05) is 6.42 Å². The zero-order chi connectivity index (χ0) is 14.3. The first-order chi connectivity index (χ1) is 9.06. The first kappa shape index (κ1) is 15.1. The summed E-state index contributed by atoms with van der Waals surface area (Å²) in [5, 5.41) is 8.64. The van der Waals surface area contributed by atoms with E-state index in [2.05, 4.69) is 0 Å². The van der Waals surface area contributed by atoms with Crippen LogP contribution < -0.4 is 9.47 Å². The van der Waals surface area contributed by atoms with Crippen LogP contribution in [0.1, 0.15) is 32.3 Å². The van der Waals surface area contributed by atoms with Gasteiger partial charge in [-0.05, 0) is 38.0 Å². The second-order valence-corrected chi connectivity index (χ2v) is 4.27. The van der Waals surface area contributed by atoms with Crippen LogP contribution in [0.2, 0.25) is 0 Å². The fraction of sp³-hybridized carbons (Fsp3) is 0.400. The molecule has 0 radical (unpaired) electrons. The maximum Gasteiger partial charge on any atom is 0.303 e. The first-order valence-electron chi connectivity index (χ1n) is 6.26. The monoisotopic (exact) mass is 264 g/mol. The Labute approximate surface area is 113 Å². The zero-order valence-corrected chi connectivity index (χ0v) is 11.6. The standard InChI is InChI=1S/C15H20O4/c1-4-5-12-7-8-13(14(10-12)18-3)19-11(2)6-9-15(16)17/h4-5,7-8,10-11H,6,9H2,1-3H3,(H,16,17). The van der Waals surface area contributed by atoms with Crippen LogP contribution in [0.5, 0.6) is 11.5 Å². The minimum atomic E-state index is -0.814. The summed E-state index contributed by atoms with van der Waals surface area (Å²) in [6, 6.07) is 5.66. The second kappa shape index (κ2) is 7.46. The lowest BCUT2D eigenvalue weighted by molar-refractivity contribution is -0.137. The van der Waals surface area contributed by atoms with Crippen LogP contribution in [-0.4, -0.2) is 24.3 Å². The van der Waals surface area contributed by atoms with Gasteiger partial charge in [0.25, 0.3) is 0 Å². The number of allylic oxidation sites excluding steroid dienone is 1. The second-order valence-electron chi connectivity index (χ2n) is 4.27. The minimum absolute atomic E-state index is 0.0974. The molecular formula is C15H20O4. The Bertz CT molecular complexity index is 451. The normalized spacial score (nSPS) is 12.4. The molecule has 0 aliphatic rings. The molecule has 0 amide bonds. The molecule has 0 aromatic heterocycles. The van der Waals surface area contributed by atoms with Crippen LogP contribution in [0, 0.1) is 0 Å². The fourth-order valence-electron chi connectivity index (χ4n) is 1.68. The number of hydrogen-bond acceptors (Lipinski definition) is 3. The van der Waals surface area contributed by atoms with E-state index in [1.807, 2.05) is 44.2 Å². The molecule has 0 fully saturated rings. The van der Waals surface area contributed by atoms with E-state index < -0.39 is 5.97 Å². The summed E-state index contributed by atoms with van der Waals surface area (Å²) in [5.74, 6) is 0.470. The van der Waals surface area contributed by atoms with Gasteiger partial charge >= 0.3 is 5.97 Å². The molecule has 0 spiro atoms.